The third-order valence-corrected chi connectivity index (χ3v) is 3.39. The lowest BCUT2D eigenvalue weighted by molar-refractivity contribution is -0.385. The highest BCUT2D eigenvalue weighted by Crippen LogP contribution is 2.19. The van der Waals surface area contributed by atoms with Gasteiger partial charge in [0.2, 0.25) is 0 Å². The average molecular weight is 377 g/mol. The van der Waals surface area contributed by atoms with Gasteiger partial charge in [-0.2, -0.15) is 0 Å². The van der Waals surface area contributed by atoms with E-state index < -0.39 is 10.9 Å². The number of carbonyl (C=O) groups excluding carboxylic acids is 1. The van der Waals surface area contributed by atoms with Crippen LogP contribution >= 0.6 is 15.9 Å². The second kappa shape index (κ2) is 7.64. The molecule has 0 aliphatic rings. The van der Waals surface area contributed by atoms with Crippen LogP contribution in [0, 0.1) is 10.1 Å². The molecule has 7 heteroatoms. The summed E-state index contributed by atoms with van der Waals surface area (Å²) in [6, 6.07) is 8.72. The van der Waals surface area contributed by atoms with Crippen LogP contribution in [0.15, 0.2) is 41.0 Å². The monoisotopic (exact) mass is 376 g/mol. The molecule has 2 rings (SSSR count). The summed E-state index contributed by atoms with van der Waals surface area (Å²) in [5.74, 6) is -0.641. The molecule has 1 aromatic carbocycles. The zero-order valence-electron chi connectivity index (χ0n) is 12.2. The molecule has 0 saturated heterocycles. The van der Waals surface area contributed by atoms with Gasteiger partial charge in [0.1, 0.15) is 6.20 Å². The second-order valence-corrected chi connectivity index (χ2v) is 5.41. The fourth-order valence-corrected chi connectivity index (χ4v) is 2.27. The molecule has 6 nitrogen and oxygen atoms in total. The van der Waals surface area contributed by atoms with Crippen molar-refractivity contribution in [3.05, 3.63) is 67.9 Å². The van der Waals surface area contributed by atoms with Crippen LogP contribution in [-0.4, -0.2) is 22.5 Å². The van der Waals surface area contributed by atoms with Crippen LogP contribution in [0.2, 0.25) is 0 Å². The number of ether oxygens (including phenoxy) is 1. The van der Waals surface area contributed by atoms with Crippen molar-refractivity contribution >= 4 is 39.7 Å². The molecule has 0 saturated carbocycles. The van der Waals surface area contributed by atoms with E-state index in [0.29, 0.717) is 5.69 Å². The summed E-state index contributed by atoms with van der Waals surface area (Å²) in [6.07, 6.45) is 4.50. The molecular formula is C16H13BrN2O4. The summed E-state index contributed by atoms with van der Waals surface area (Å²) >= 11 is 3.37. The van der Waals surface area contributed by atoms with Gasteiger partial charge in [0, 0.05) is 10.5 Å². The summed E-state index contributed by atoms with van der Waals surface area (Å²) in [4.78, 5) is 26.2. The van der Waals surface area contributed by atoms with Crippen molar-refractivity contribution in [2.75, 3.05) is 6.61 Å². The van der Waals surface area contributed by atoms with E-state index in [2.05, 4.69) is 20.9 Å². The van der Waals surface area contributed by atoms with E-state index >= 15 is 0 Å². The van der Waals surface area contributed by atoms with Gasteiger partial charge in [-0.1, -0.05) is 34.1 Å². The average Bonchev–Trinajstić information content (AvgIpc) is 2.53. The zero-order chi connectivity index (χ0) is 16.8. The Morgan fingerprint density at radius 1 is 1.39 bits per heavy atom. The minimum atomic E-state index is -0.641. The van der Waals surface area contributed by atoms with Crippen molar-refractivity contribution < 1.29 is 14.5 Å². The van der Waals surface area contributed by atoms with Crippen molar-refractivity contribution in [2.24, 2.45) is 0 Å². The Morgan fingerprint density at radius 2 is 2.17 bits per heavy atom. The molecule has 118 valence electrons. The van der Waals surface area contributed by atoms with Crippen LogP contribution in [0.3, 0.4) is 0 Å². The number of hydrogen-bond donors (Lipinski definition) is 0. The maximum atomic E-state index is 12.0. The Bertz CT molecular complexity index is 774. The SMILES string of the molecule is CCOC(=O)c1cc([N+](=O)[O-])cnc1/C=C/c1cccc(Br)c1. The Morgan fingerprint density at radius 3 is 2.83 bits per heavy atom. The fraction of sp³-hybridized carbons (Fsp3) is 0.125. The van der Waals surface area contributed by atoms with Crippen LogP contribution in [-0.2, 0) is 4.74 Å². The molecule has 0 aliphatic carbocycles. The topological polar surface area (TPSA) is 82.3 Å². The fourth-order valence-electron chi connectivity index (χ4n) is 1.85. The first-order chi connectivity index (χ1) is 11.0. The summed E-state index contributed by atoms with van der Waals surface area (Å²) in [6.45, 7) is 1.84. The highest BCUT2D eigenvalue weighted by Gasteiger charge is 2.17. The molecule has 1 aromatic heterocycles. The largest absolute Gasteiger partial charge is 0.462 e. The van der Waals surface area contributed by atoms with Crippen LogP contribution in [0.1, 0.15) is 28.5 Å². The molecular weight excluding hydrogens is 364 g/mol. The highest BCUT2D eigenvalue weighted by molar-refractivity contribution is 9.10. The minimum Gasteiger partial charge on any atom is -0.462 e. The summed E-state index contributed by atoms with van der Waals surface area (Å²) in [5, 5.41) is 10.9. The van der Waals surface area contributed by atoms with Gasteiger partial charge in [-0.05, 0) is 30.7 Å². The first-order valence-corrected chi connectivity index (χ1v) is 7.55. The Kier molecular flexibility index (Phi) is 5.59. The predicted molar refractivity (Wildman–Crippen MR) is 89.9 cm³/mol. The van der Waals surface area contributed by atoms with Crippen molar-refractivity contribution in [2.45, 2.75) is 6.92 Å². The molecule has 0 unspecified atom stereocenters. The molecule has 0 radical (unpaired) electrons. The van der Waals surface area contributed by atoms with E-state index in [-0.39, 0.29) is 17.9 Å². The second-order valence-electron chi connectivity index (χ2n) is 4.49. The van der Waals surface area contributed by atoms with E-state index in [0.717, 1.165) is 16.2 Å². The van der Waals surface area contributed by atoms with Gasteiger partial charge in [-0.15, -0.1) is 0 Å². The number of esters is 1. The third-order valence-electron chi connectivity index (χ3n) is 2.89. The Balaban J connectivity index is 2.40. The molecule has 0 atom stereocenters. The Hall–Kier alpha value is -2.54. The lowest BCUT2D eigenvalue weighted by atomic mass is 10.1. The molecule has 0 spiro atoms. The van der Waals surface area contributed by atoms with Crippen LogP contribution in [0.25, 0.3) is 12.2 Å². The molecule has 0 amide bonds. The number of nitrogens with zero attached hydrogens (tertiary/aromatic N) is 2. The number of pyridine rings is 1. The molecule has 0 bridgehead atoms. The third kappa shape index (κ3) is 4.46. The number of aromatic nitrogens is 1. The van der Waals surface area contributed by atoms with Gasteiger partial charge < -0.3 is 4.74 Å². The van der Waals surface area contributed by atoms with E-state index in [9.17, 15) is 14.9 Å². The molecule has 0 fully saturated rings. The van der Waals surface area contributed by atoms with Crippen molar-refractivity contribution in [3.8, 4) is 0 Å². The van der Waals surface area contributed by atoms with Crippen LogP contribution in [0.4, 0.5) is 5.69 Å². The summed E-state index contributed by atoms with van der Waals surface area (Å²) < 4.78 is 5.85. The van der Waals surface area contributed by atoms with E-state index in [1.807, 2.05) is 24.3 Å². The Labute approximate surface area is 141 Å². The number of carbonyl (C=O) groups is 1. The van der Waals surface area contributed by atoms with Crippen molar-refractivity contribution in [3.63, 3.8) is 0 Å². The van der Waals surface area contributed by atoms with Gasteiger partial charge in [0.15, 0.2) is 0 Å². The number of nitro groups is 1. The minimum absolute atomic E-state index is 0.0623. The first kappa shape index (κ1) is 16.8. The van der Waals surface area contributed by atoms with Gasteiger partial charge in [-0.3, -0.25) is 10.1 Å². The molecule has 0 aliphatic heterocycles. The normalized spacial score (nSPS) is 10.7. The zero-order valence-corrected chi connectivity index (χ0v) is 13.8. The van der Waals surface area contributed by atoms with Crippen molar-refractivity contribution in [1.82, 2.24) is 4.98 Å². The molecule has 2 aromatic rings. The van der Waals surface area contributed by atoms with Crippen LogP contribution < -0.4 is 0 Å². The predicted octanol–water partition coefficient (Wildman–Crippen LogP) is 4.10. The van der Waals surface area contributed by atoms with E-state index in [1.165, 1.54) is 6.07 Å². The molecule has 1 heterocycles. The standard InChI is InChI=1S/C16H13BrN2O4/c1-2-23-16(20)14-9-13(19(21)22)10-18-15(14)7-6-11-4-3-5-12(17)8-11/h3-10H,2H2,1H3/b7-6+. The van der Waals surface area contributed by atoms with Crippen molar-refractivity contribution in [1.29, 1.82) is 0 Å². The smallest absolute Gasteiger partial charge is 0.340 e. The van der Waals surface area contributed by atoms with Crippen LogP contribution in [0.5, 0.6) is 0 Å². The van der Waals surface area contributed by atoms with Gasteiger partial charge in [0.05, 0.1) is 22.8 Å². The molecule has 0 N–H and O–H groups in total. The number of benzene rings is 1. The van der Waals surface area contributed by atoms with Gasteiger partial charge >= 0.3 is 5.97 Å². The maximum Gasteiger partial charge on any atom is 0.340 e. The first-order valence-electron chi connectivity index (χ1n) is 6.76. The lowest BCUT2D eigenvalue weighted by Gasteiger charge is -2.05. The van der Waals surface area contributed by atoms with E-state index in [4.69, 9.17) is 4.74 Å². The number of rotatable bonds is 5. The maximum absolute atomic E-state index is 12.0. The van der Waals surface area contributed by atoms with Gasteiger partial charge in [0.25, 0.3) is 5.69 Å². The van der Waals surface area contributed by atoms with Gasteiger partial charge in [-0.25, -0.2) is 9.78 Å². The summed E-state index contributed by atoms with van der Waals surface area (Å²) in [5.41, 5.74) is 1.02. The highest BCUT2D eigenvalue weighted by atomic mass is 79.9. The number of halogens is 1. The molecule has 23 heavy (non-hydrogen) atoms. The van der Waals surface area contributed by atoms with E-state index in [1.54, 1.807) is 19.1 Å². The quantitative estimate of drug-likeness (QED) is 0.445. The number of hydrogen-bond acceptors (Lipinski definition) is 5. The lowest BCUT2D eigenvalue weighted by Crippen LogP contribution is -2.08. The summed E-state index contributed by atoms with van der Waals surface area (Å²) in [7, 11) is 0.